The van der Waals surface area contributed by atoms with Gasteiger partial charge in [-0.1, -0.05) is 24.3 Å². The minimum Gasteiger partial charge on any atom is -0.495 e. The molecule has 1 aliphatic rings. The van der Waals surface area contributed by atoms with Crippen LogP contribution in [-0.4, -0.2) is 40.6 Å². The largest absolute Gasteiger partial charge is 0.495 e. The number of halogens is 1. The number of para-hydroxylation sites is 4. The van der Waals surface area contributed by atoms with Crippen molar-refractivity contribution in [3.8, 4) is 11.4 Å². The molecule has 7 heteroatoms. The standard InChI is InChI=1S/C27H27FN4O2/c1-34-25-11-5-3-9-23(25)30-27(33)19-7-6-16-31(17-19)18-26-29-22-8-2-4-10-24(22)32(26)21-14-12-20(28)13-15-21/h2-5,8-15,19H,6-7,16-18H2,1H3,(H,30,33)/t19-/m0/s1. The second-order valence-corrected chi connectivity index (χ2v) is 8.59. The average Bonchev–Trinajstić information content (AvgIpc) is 3.23. The fourth-order valence-corrected chi connectivity index (χ4v) is 4.66. The number of benzene rings is 3. The zero-order valence-electron chi connectivity index (χ0n) is 19.1. The summed E-state index contributed by atoms with van der Waals surface area (Å²) < 4.78 is 21.0. The lowest BCUT2D eigenvalue weighted by Crippen LogP contribution is -2.40. The maximum atomic E-state index is 13.6. The number of piperidine rings is 1. The number of amides is 1. The molecule has 3 aromatic carbocycles. The zero-order chi connectivity index (χ0) is 23.5. The van der Waals surface area contributed by atoms with E-state index in [2.05, 4.69) is 14.8 Å². The Hall–Kier alpha value is -3.71. The van der Waals surface area contributed by atoms with Crippen molar-refractivity contribution >= 4 is 22.6 Å². The van der Waals surface area contributed by atoms with Crippen LogP contribution in [0.3, 0.4) is 0 Å². The number of nitrogens with zero attached hydrogens (tertiary/aromatic N) is 3. The van der Waals surface area contributed by atoms with Crippen LogP contribution < -0.4 is 10.1 Å². The summed E-state index contributed by atoms with van der Waals surface area (Å²) in [5.41, 5.74) is 3.42. The van der Waals surface area contributed by atoms with E-state index in [4.69, 9.17) is 9.72 Å². The molecule has 0 spiro atoms. The van der Waals surface area contributed by atoms with Crippen LogP contribution in [0.1, 0.15) is 18.7 Å². The van der Waals surface area contributed by atoms with Crippen LogP contribution in [-0.2, 0) is 11.3 Å². The number of carbonyl (C=O) groups is 1. The lowest BCUT2D eigenvalue weighted by Gasteiger charge is -2.32. The van der Waals surface area contributed by atoms with E-state index in [0.29, 0.717) is 24.5 Å². The van der Waals surface area contributed by atoms with E-state index in [0.717, 1.165) is 41.9 Å². The highest BCUT2D eigenvalue weighted by Gasteiger charge is 2.27. The Morgan fingerprint density at radius 1 is 1.09 bits per heavy atom. The highest BCUT2D eigenvalue weighted by atomic mass is 19.1. The quantitative estimate of drug-likeness (QED) is 0.441. The van der Waals surface area contributed by atoms with E-state index in [1.165, 1.54) is 12.1 Å². The second-order valence-electron chi connectivity index (χ2n) is 8.59. The summed E-state index contributed by atoms with van der Waals surface area (Å²) in [6, 6.07) is 21.9. The first kappa shape index (κ1) is 22.1. The number of imidazole rings is 1. The Morgan fingerprint density at radius 3 is 2.68 bits per heavy atom. The van der Waals surface area contributed by atoms with Gasteiger partial charge in [0.1, 0.15) is 17.4 Å². The molecular weight excluding hydrogens is 431 g/mol. The number of anilines is 1. The third-order valence-electron chi connectivity index (χ3n) is 6.32. The van der Waals surface area contributed by atoms with Crippen LogP contribution in [0.15, 0.2) is 72.8 Å². The van der Waals surface area contributed by atoms with Gasteiger partial charge >= 0.3 is 0 Å². The smallest absolute Gasteiger partial charge is 0.228 e. The molecule has 2 heterocycles. The molecule has 0 radical (unpaired) electrons. The Labute approximate surface area is 198 Å². The maximum Gasteiger partial charge on any atom is 0.228 e. The minimum atomic E-state index is -0.269. The fourth-order valence-electron chi connectivity index (χ4n) is 4.66. The van der Waals surface area contributed by atoms with E-state index in [-0.39, 0.29) is 17.6 Å². The SMILES string of the molecule is COc1ccccc1NC(=O)[C@H]1CCCN(Cc2nc3ccccc3n2-c2ccc(F)cc2)C1. The molecule has 1 atom stereocenters. The molecule has 1 aliphatic heterocycles. The molecule has 6 nitrogen and oxygen atoms in total. The third-order valence-corrected chi connectivity index (χ3v) is 6.32. The minimum absolute atomic E-state index is 0.00115. The van der Waals surface area contributed by atoms with Gasteiger partial charge in [0, 0.05) is 12.2 Å². The van der Waals surface area contributed by atoms with Gasteiger partial charge in [0.15, 0.2) is 0 Å². The van der Waals surface area contributed by atoms with Gasteiger partial charge < -0.3 is 10.1 Å². The van der Waals surface area contributed by atoms with Gasteiger partial charge in [-0.2, -0.15) is 0 Å². The molecule has 1 saturated heterocycles. The molecule has 1 amide bonds. The van der Waals surface area contributed by atoms with Crippen molar-refractivity contribution in [1.29, 1.82) is 0 Å². The molecule has 174 valence electrons. The molecule has 1 N–H and O–H groups in total. The van der Waals surface area contributed by atoms with Crippen molar-refractivity contribution < 1.29 is 13.9 Å². The van der Waals surface area contributed by atoms with Crippen LogP contribution in [0.4, 0.5) is 10.1 Å². The van der Waals surface area contributed by atoms with Gasteiger partial charge in [-0.05, 0) is 67.9 Å². The molecule has 5 rings (SSSR count). The number of likely N-dealkylation sites (tertiary alicyclic amines) is 1. The number of ether oxygens (including phenoxy) is 1. The van der Waals surface area contributed by atoms with Gasteiger partial charge in [0.25, 0.3) is 0 Å². The van der Waals surface area contributed by atoms with Crippen LogP contribution in [0.2, 0.25) is 0 Å². The zero-order valence-corrected chi connectivity index (χ0v) is 19.1. The van der Waals surface area contributed by atoms with Crippen LogP contribution in [0.25, 0.3) is 16.7 Å². The van der Waals surface area contributed by atoms with Crippen molar-refractivity contribution in [1.82, 2.24) is 14.5 Å². The van der Waals surface area contributed by atoms with Crippen LogP contribution in [0.5, 0.6) is 5.75 Å². The molecular formula is C27H27FN4O2. The number of rotatable bonds is 6. The Bertz CT molecular complexity index is 1300. The fraction of sp³-hybridized carbons (Fsp3) is 0.259. The molecule has 4 aromatic rings. The predicted molar refractivity (Wildman–Crippen MR) is 131 cm³/mol. The first-order chi connectivity index (χ1) is 16.6. The van der Waals surface area contributed by atoms with Gasteiger partial charge in [-0.25, -0.2) is 9.37 Å². The Kier molecular flexibility index (Phi) is 6.27. The summed E-state index contributed by atoms with van der Waals surface area (Å²) in [5.74, 6) is 1.13. The maximum absolute atomic E-state index is 13.6. The summed E-state index contributed by atoms with van der Waals surface area (Å²) in [6.45, 7) is 2.14. The number of aromatic nitrogens is 2. The summed E-state index contributed by atoms with van der Waals surface area (Å²) in [6.07, 6.45) is 1.77. The molecule has 1 aromatic heterocycles. The van der Waals surface area contributed by atoms with Gasteiger partial charge in [0.05, 0.1) is 36.3 Å². The Morgan fingerprint density at radius 2 is 1.85 bits per heavy atom. The molecule has 1 fully saturated rings. The van der Waals surface area contributed by atoms with Crippen molar-refractivity contribution in [3.05, 3.63) is 84.4 Å². The molecule has 34 heavy (non-hydrogen) atoms. The van der Waals surface area contributed by atoms with Crippen molar-refractivity contribution in [2.45, 2.75) is 19.4 Å². The topological polar surface area (TPSA) is 59.4 Å². The normalized spacial score (nSPS) is 16.5. The lowest BCUT2D eigenvalue weighted by molar-refractivity contribution is -0.121. The number of carbonyl (C=O) groups excluding carboxylic acids is 1. The van der Waals surface area contributed by atoms with E-state index in [1.807, 2.05) is 48.5 Å². The third kappa shape index (κ3) is 4.52. The summed E-state index contributed by atoms with van der Waals surface area (Å²) in [4.78, 5) is 20.2. The Balaban J connectivity index is 1.36. The number of fused-ring (bicyclic) bond motifs is 1. The molecule has 0 bridgehead atoms. The highest BCUT2D eigenvalue weighted by molar-refractivity contribution is 5.94. The van der Waals surface area contributed by atoms with E-state index in [1.54, 1.807) is 19.2 Å². The van der Waals surface area contributed by atoms with Crippen molar-refractivity contribution in [3.63, 3.8) is 0 Å². The number of methoxy groups -OCH3 is 1. The summed E-state index contributed by atoms with van der Waals surface area (Å²) in [7, 11) is 1.60. The predicted octanol–water partition coefficient (Wildman–Crippen LogP) is 5.02. The number of hydrogen-bond donors (Lipinski definition) is 1. The second kappa shape index (κ2) is 9.65. The highest BCUT2D eigenvalue weighted by Crippen LogP contribution is 2.27. The molecule has 0 aliphatic carbocycles. The number of nitrogens with one attached hydrogen (secondary N) is 1. The average molecular weight is 459 g/mol. The lowest BCUT2D eigenvalue weighted by atomic mass is 9.97. The first-order valence-electron chi connectivity index (χ1n) is 11.5. The van der Waals surface area contributed by atoms with Crippen LogP contribution in [0, 0.1) is 11.7 Å². The number of hydrogen-bond acceptors (Lipinski definition) is 4. The summed E-state index contributed by atoms with van der Waals surface area (Å²) in [5, 5.41) is 3.03. The van der Waals surface area contributed by atoms with Crippen LogP contribution >= 0.6 is 0 Å². The van der Waals surface area contributed by atoms with Gasteiger partial charge in [-0.3, -0.25) is 14.3 Å². The summed E-state index contributed by atoms with van der Waals surface area (Å²) >= 11 is 0. The first-order valence-corrected chi connectivity index (χ1v) is 11.5. The van der Waals surface area contributed by atoms with Crippen molar-refractivity contribution in [2.24, 2.45) is 5.92 Å². The molecule has 0 saturated carbocycles. The van der Waals surface area contributed by atoms with E-state index in [9.17, 15) is 9.18 Å². The van der Waals surface area contributed by atoms with Gasteiger partial charge in [0.2, 0.25) is 5.91 Å². The van der Waals surface area contributed by atoms with E-state index < -0.39 is 0 Å². The van der Waals surface area contributed by atoms with Crippen molar-refractivity contribution in [2.75, 3.05) is 25.5 Å². The monoisotopic (exact) mass is 458 g/mol. The van der Waals surface area contributed by atoms with E-state index >= 15 is 0 Å². The molecule has 0 unspecified atom stereocenters. The van der Waals surface area contributed by atoms with Gasteiger partial charge in [-0.15, -0.1) is 0 Å².